The van der Waals surface area contributed by atoms with Crippen LogP contribution in [0.4, 0.5) is 0 Å². The molecule has 1 unspecified atom stereocenters. The van der Waals surface area contributed by atoms with E-state index in [9.17, 15) is 9.59 Å². The zero-order valence-electron chi connectivity index (χ0n) is 16.4. The number of benzene rings is 2. The van der Waals surface area contributed by atoms with Crippen molar-refractivity contribution >= 4 is 35.0 Å². The minimum absolute atomic E-state index is 0.0582. The van der Waals surface area contributed by atoms with Gasteiger partial charge in [-0.15, -0.1) is 0 Å². The molecule has 5 nitrogen and oxygen atoms in total. The molecule has 0 aliphatic heterocycles. The van der Waals surface area contributed by atoms with Crippen LogP contribution in [0.1, 0.15) is 29.8 Å². The van der Waals surface area contributed by atoms with Gasteiger partial charge < -0.3 is 14.5 Å². The summed E-state index contributed by atoms with van der Waals surface area (Å²) in [6.07, 6.45) is -0.691. The average molecular weight is 423 g/mol. The average Bonchev–Trinajstić information content (AvgIpc) is 2.64. The van der Waals surface area contributed by atoms with Gasteiger partial charge in [0, 0.05) is 42.8 Å². The molecule has 0 saturated carbocycles. The third-order valence-corrected chi connectivity index (χ3v) is 4.61. The van der Waals surface area contributed by atoms with E-state index in [1.165, 1.54) is 4.90 Å². The van der Waals surface area contributed by atoms with Crippen LogP contribution in [0.25, 0.3) is 0 Å². The Kier molecular flexibility index (Phi) is 7.72. The summed E-state index contributed by atoms with van der Waals surface area (Å²) in [5, 5.41) is 0.892. The predicted molar refractivity (Wildman–Crippen MR) is 112 cm³/mol. The van der Waals surface area contributed by atoms with Crippen LogP contribution < -0.4 is 4.74 Å². The number of amides is 2. The van der Waals surface area contributed by atoms with Crippen LogP contribution >= 0.6 is 23.2 Å². The molecule has 0 aliphatic carbocycles. The fourth-order valence-electron chi connectivity index (χ4n) is 2.69. The number of hydrogen-bond acceptors (Lipinski definition) is 3. The molecule has 2 aromatic rings. The molecule has 28 heavy (non-hydrogen) atoms. The summed E-state index contributed by atoms with van der Waals surface area (Å²) < 4.78 is 5.72. The number of rotatable bonds is 7. The lowest BCUT2D eigenvalue weighted by atomic mass is 10.1. The van der Waals surface area contributed by atoms with Crippen LogP contribution in [0.2, 0.25) is 10.0 Å². The van der Waals surface area contributed by atoms with E-state index >= 15 is 0 Å². The quantitative estimate of drug-likeness (QED) is 0.659. The molecular weight excluding hydrogens is 399 g/mol. The fraction of sp³-hybridized carbons (Fsp3) is 0.333. The van der Waals surface area contributed by atoms with Gasteiger partial charge in [0.15, 0.2) is 6.10 Å². The van der Waals surface area contributed by atoms with E-state index in [1.54, 1.807) is 56.3 Å². The van der Waals surface area contributed by atoms with E-state index in [0.717, 1.165) is 5.56 Å². The molecule has 7 heteroatoms. The molecule has 1 atom stereocenters. The number of nitrogens with zero attached hydrogens (tertiary/aromatic N) is 2. The summed E-state index contributed by atoms with van der Waals surface area (Å²) in [5.74, 6) is 0.241. The Labute approximate surface area is 175 Å². The Bertz CT molecular complexity index is 818. The Morgan fingerprint density at radius 1 is 1.04 bits per heavy atom. The highest BCUT2D eigenvalue weighted by Crippen LogP contribution is 2.25. The number of ether oxygens (including phenoxy) is 1. The Hall–Kier alpha value is -2.24. The molecule has 2 amide bonds. The molecule has 0 spiro atoms. The normalized spacial score (nSPS) is 11.6. The van der Waals surface area contributed by atoms with Crippen LogP contribution in [0.3, 0.4) is 0 Å². The van der Waals surface area contributed by atoms with Gasteiger partial charge in [0.25, 0.3) is 11.8 Å². The maximum atomic E-state index is 12.8. The molecule has 0 aromatic heterocycles. The molecule has 0 bridgehead atoms. The van der Waals surface area contributed by atoms with Gasteiger partial charge in [0.2, 0.25) is 0 Å². The Balaban J connectivity index is 2.05. The largest absolute Gasteiger partial charge is 0.481 e. The predicted octanol–water partition coefficient (Wildman–Crippen LogP) is 4.51. The number of halogens is 2. The van der Waals surface area contributed by atoms with Gasteiger partial charge >= 0.3 is 0 Å². The lowest BCUT2D eigenvalue weighted by molar-refractivity contribution is -0.138. The second-order valence-electron chi connectivity index (χ2n) is 6.61. The highest BCUT2D eigenvalue weighted by Gasteiger charge is 2.21. The topological polar surface area (TPSA) is 49.9 Å². The van der Waals surface area contributed by atoms with Gasteiger partial charge in [-0.05, 0) is 49.7 Å². The van der Waals surface area contributed by atoms with Crippen molar-refractivity contribution < 1.29 is 14.3 Å². The van der Waals surface area contributed by atoms with E-state index < -0.39 is 6.10 Å². The third-order valence-electron chi connectivity index (χ3n) is 4.17. The standard InChI is InChI=1S/C21H24Cl2N2O3/c1-5-25(13-15-6-8-16(9-7-15)21(27)24(3)4)20(26)14(2)28-19-11-17(22)10-18(23)12-19/h6-12,14H,5,13H2,1-4H3. The van der Waals surface area contributed by atoms with Crippen LogP contribution in [0.5, 0.6) is 5.75 Å². The highest BCUT2D eigenvalue weighted by molar-refractivity contribution is 6.34. The van der Waals surface area contributed by atoms with Crippen molar-refractivity contribution in [1.29, 1.82) is 0 Å². The maximum absolute atomic E-state index is 12.8. The van der Waals surface area contributed by atoms with E-state index in [2.05, 4.69) is 0 Å². The minimum atomic E-state index is -0.691. The van der Waals surface area contributed by atoms with Crippen LogP contribution in [0.15, 0.2) is 42.5 Å². The molecule has 0 aliphatic rings. The van der Waals surface area contributed by atoms with E-state index in [-0.39, 0.29) is 11.8 Å². The van der Waals surface area contributed by atoms with Gasteiger partial charge in [0.1, 0.15) is 5.75 Å². The number of likely N-dealkylation sites (N-methyl/N-ethyl adjacent to an activating group) is 1. The lowest BCUT2D eigenvalue weighted by Crippen LogP contribution is -2.40. The number of carbonyl (C=O) groups is 2. The molecule has 0 saturated heterocycles. The Morgan fingerprint density at radius 2 is 1.61 bits per heavy atom. The van der Waals surface area contributed by atoms with Crippen molar-refractivity contribution in [1.82, 2.24) is 9.80 Å². The second kappa shape index (κ2) is 9.80. The maximum Gasteiger partial charge on any atom is 0.263 e. The van der Waals surface area contributed by atoms with Gasteiger partial charge in [-0.1, -0.05) is 35.3 Å². The zero-order valence-corrected chi connectivity index (χ0v) is 17.9. The molecule has 0 heterocycles. The van der Waals surface area contributed by atoms with E-state index in [1.807, 2.05) is 19.1 Å². The van der Waals surface area contributed by atoms with Crippen molar-refractivity contribution in [2.45, 2.75) is 26.5 Å². The summed E-state index contributed by atoms with van der Waals surface area (Å²) in [4.78, 5) is 28.0. The van der Waals surface area contributed by atoms with Crippen LogP contribution in [0, 0.1) is 0 Å². The third kappa shape index (κ3) is 5.88. The number of hydrogen-bond donors (Lipinski definition) is 0. The van der Waals surface area contributed by atoms with Gasteiger partial charge in [0.05, 0.1) is 0 Å². The molecule has 2 aromatic carbocycles. The first-order valence-corrected chi connectivity index (χ1v) is 9.69. The summed E-state index contributed by atoms with van der Waals surface area (Å²) >= 11 is 12.0. The lowest BCUT2D eigenvalue weighted by Gasteiger charge is -2.25. The van der Waals surface area contributed by atoms with Gasteiger partial charge in [-0.2, -0.15) is 0 Å². The van der Waals surface area contributed by atoms with Crippen molar-refractivity contribution in [3.8, 4) is 5.75 Å². The van der Waals surface area contributed by atoms with E-state index in [0.29, 0.717) is 34.4 Å². The molecule has 0 radical (unpaired) electrons. The number of carbonyl (C=O) groups excluding carboxylic acids is 2. The minimum Gasteiger partial charge on any atom is -0.481 e. The monoisotopic (exact) mass is 422 g/mol. The zero-order chi connectivity index (χ0) is 20.8. The molecule has 2 rings (SSSR count). The van der Waals surface area contributed by atoms with E-state index in [4.69, 9.17) is 27.9 Å². The summed E-state index contributed by atoms with van der Waals surface area (Å²) in [7, 11) is 3.42. The van der Waals surface area contributed by atoms with Gasteiger partial charge in [-0.25, -0.2) is 0 Å². The summed E-state index contributed by atoms with van der Waals surface area (Å²) in [5.41, 5.74) is 1.54. The fourth-order valence-corrected chi connectivity index (χ4v) is 3.19. The van der Waals surface area contributed by atoms with Crippen LogP contribution in [-0.2, 0) is 11.3 Å². The molecule has 0 N–H and O–H groups in total. The van der Waals surface area contributed by atoms with Crippen molar-refractivity contribution in [3.63, 3.8) is 0 Å². The van der Waals surface area contributed by atoms with Crippen molar-refractivity contribution in [3.05, 3.63) is 63.6 Å². The summed E-state index contributed by atoms with van der Waals surface area (Å²) in [6, 6.07) is 12.1. The Morgan fingerprint density at radius 3 is 2.11 bits per heavy atom. The molecule has 150 valence electrons. The molecule has 0 fully saturated rings. The first kappa shape index (κ1) is 22.1. The highest BCUT2D eigenvalue weighted by atomic mass is 35.5. The summed E-state index contributed by atoms with van der Waals surface area (Å²) in [6.45, 7) is 4.56. The second-order valence-corrected chi connectivity index (χ2v) is 7.49. The van der Waals surface area contributed by atoms with Crippen LogP contribution in [-0.4, -0.2) is 48.4 Å². The van der Waals surface area contributed by atoms with Crippen molar-refractivity contribution in [2.24, 2.45) is 0 Å². The van der Waals surface area contributed by atoms with Gasteiger partial charge in [-0.3, -0.25) is 9.59 Å². The smallest absolute Gasteiger partial charge is 0.263 e. The first-order chi connectivity index (χ1) is 13.2. The first-order valence-electron chi connectivity index (χ1n) is 8.93. The SMILES string of the molecule is CCN(Cc1ccc(C(=O)N(C)C)cc1)C(=O)C(C)Oc1cc(Cl)cc(Cl)c1. The molecular formula is C21H24Cl2N2O3. The van der Waals surface area contributed by atoms with Crippen molar-refractivity contribution in [2.75, 3.05) is 20.6 Å².